The highest BCUT2D eigenvalue weighted by molar-refractivity contribution is 6.16. The molecule has 0 aliphatic rings. The van der Waals surface area contributed by atoms with Crippen molar-refractivity contribution in [2.75, 3.05) is 38.9 Å². The van der Waals surface area contributed by atoms with Gasteiger partial charge in [-0.05, 0) is 138 Å². The largest absolute Gasteiger partial charge is 0.493 e. The van der Waals surface area contributed by atoms with Gasteiger partial charge in [-0.15, -0.1) is 0 Å². The van der Waals surface area contributed by atoms with Gasteiger partial charge in [0.25, 0.3) is 0 Å². The van der Waals surface area contributed by atoms with Crippen LogP contribution in [0.3, 0.4) is 0 Å². The topological polar surface area (TPSA) is 176 Å². The first kappa shape index (κ1) is 49.9. The maximum atomic E-state index is 14.1. The van der Waals surface area contributed by atoms with Gasteiger partial charge in [-0.3, -0.25) is 9.59 Å². The lowest BCUT2D eigenvalue weighted by molar-refractivity contribution is -0.154. The number of nitrogen functional groups attached to an aromatic ring is 2. The first-order valence-corrected chi connectivity index (χ1v) is 20.4. The van der Waals surface area contributed by atoms with E-state index in [0.717, 1.165) is 0 Å². The molecule has 0 aliphatic carbocycles. The summed E-state index contributed by atoms with van der Waals surface area (Å²) in [6.07, 6.45) is -3.48. The number of rotatable bonds is 17. The molecule has 0 saturated heterocycles. The number of anilines is 2. The van der Waals surface area contributed by atoms with E-state index in [1.807, 2.05) is 0 Å². The van der Waals surface area contributed by atoms with Gasteiger partial charge in [-0.2, -0.15) is 26.3 Å². The molecule has 6 aromatic carbocycles. The van der Waals surface area contributed by atoms with Crippen LogP contribution in [-0.2, 0) is 0 Å². The minimum absolute atomic E-state index is 0.0223. The Labute approximate surface area is 390 Å². The number of methoxy groups -OCH3 is 2. The smallest absolute Gasteiger partial charge is 0.422 e. The second kappa shape index (κ2) is 21.4. The van der Waals surface area contributed by atoms with Gasteiger partial charge in [0.05, 0.1) is 25.3 Å². The summed E-state index contributed by atoms with van der Waals surface area (Å²) in [5.74, 6) is -2.49. The molecule has 0 heterocycles. The van der Waals surface area contributed by atoms with Crippen molar-refractivity contribution in [2.45, 2.75) is 19.3 Å². The van der Waals surface area contributed by atoms with E-state index in [2.05, 4.69) is 9.47 Å². The van der Waals surface area contributed by atoms with Gasteiger partial charge in [-0.25, -0.2) is 9.59 Å². The number of carbonyl (C=O) groups excluding carboxylic acids is 4. The van der Waals surface area contributed by atoms with Gasteiger partial charge in [0, 0.05) is 22.5 Å². The van der Waals surface area contributed by atoms with E-state index in [1.54, 1.807) is 43.3 Å². The summed E-state index contributed by atoms with van der Waals surface area (Å²) in [5, 5.41) is 0. The van der Waals surface area contributed by atoms with Crippen molar-refractivity contribution in [3.05, 3.63) is 166 Å². The zero-order valence-corrected chi connectivity index (χ0v) is 36.7. The molecular formula is C51H40F6N2O10. The Morgan fingerprint density at radius 2 is 0.986 bits per heavy atom. The van der Waals surface area contributed by atoms with Crippen molar-refractivity contribution < 1.29 is 73.9 Å². The molecule has 356 valence electrons. The summed E-state index contributed by atoms with van der Waals surface area (Å²) in [6.45, 7) is -1.32. The summed E-state index contributed by atoms with van der Waals surface area (Å²) in [6, 6.07) is 26.7. The van der Waals surface area contributed by atoms with E-state index in [1.165, 1.54) is 117 Å². The fraction of sp³-hybridized carbons (Fsp3) is 0.137. The number of benzene rings is 6. The van der Waals surface area contributed by atoms with Gasteiger partial charge in [-0.1, -0.05) is 36.4 Å². The predicted octanol–water partition coefficient (Wildman–Crippen LogP) is 11.0. The van der Waals surface area contributed by atoms with E-state index in [0.29, 0.717) is 33.5 Å². The summed E-state index contributed by atoms with van der Waals surface area (Å²) in [4.78, 5) is 53.7. The first-order valence-electron chi connectivity index (χ1n) is 20.4. The van der Waals surface area contributed by atoms with Gasteiger partial charge >= 0.3 is 24.3 Å². The highest BCUT2D eigenvalue weighted by Gasteiger charge is 2.29. The highest BCUT2D eigenvalue weighted by atomic mass is 19.4. The fourth-order valence-corrected chi connectivity index (χ4v) is 6.55. The quantitative estimate of drug-likeness (QED) is 0.0221. The Morgan fingerprint density at radius 1 is 0.536 bits per heavy atom. The van der Waals surface area contributed by atoms with Gasteiger partial charge in [0.1, 0.15) is 11.5 Å². The van der Waals surface area contributed by atoms with Crippen LogP contribution >= 0.6 is 0 Å². The first-order chi connectivity index (χ1) is 32.7. The Hall–Kier alpha value is -8.54. The van der Waals surface area contributed by atoms with Crippen LogP contribution in [0.4, 0.5) is 37.7 Å². The maximum absolute atomic E-state index is 14.1. The molecule has 0 saturated carbocycles. The highest BCUT2D eigenvalue weighted by Crippen LogP contribution is 2.36. The number of alkyl halides is 6. The number of allylic oxidation sites excluding steroid dienone is 2. The summed E-state index contributed by atoms with van der Waals surface area (Å²) in [7, 11) is 2.68. The summed E-state index contributed by atoms with van der Waals surface area (Å²) < 4.78 is 106. The van der Waals surface area contributed by atoms with Crippen molar-refractivity contribution in [1.29, 1.82) is 0 Å². The van der Waals surface area contributed by atoms with Gasteiger partial charge < -0.3 is 39.9 Å². The van der Waals surface area contributed by atoms with Crippen LogP contribution in [0.15, 0.2) is 127 Å². The minimum Gasteiger partial charge on any atom is -0.493 e. The number of halogens is 6. The van der Waals surface area contributed by atoms with Crippen molar-refractivity contribution in [2.24, 2.45) is 0 Å². The third-order valence-corrected chi connectivity index (χ3v) is 9.97. The minimum atomic E-state index is -4.53. The van der Waals surface area contributed by atoms with E-state index in [9.17, 15) is 45.5 Å². The zero-order valence-electron chi connectivity index (χ0n) is 36.7. The van der Waals surface area contributed by atoms with E-state index in [-0.39, 0.29) is 62.4 Å². The molecule has 0 amide bonds. The van der Waals surface area contributed by atoms with E-state index >= 15 is 0 Å². The van der Waals surface area contributed by atoms with Crippen LogP contribution in [0, 0.1) is 6.92 Å². The standard InChI is InChI=1S/C51H40F6N2O10/c1-29-40(59)19-18-38(47(29)42(61)21-5-31-7-23-44(46(25-31)65-3)69-49(63)33-10-15-36(16-11-33)67-28-51(55,56)57)37-17-12-34(58)26-39(37)41(60)20-4-30-6-22-43(45(24-30)64-2)68-48(62)32-8-13-35(14-9-32)66-27-50(52,53)54/h4-26H,27-28,58-59H2,1-3H3. The van der Waals surface area contributed by atoms with Crippen LogP contribution in [0.1, 0.15) is 58.1 Å². The number of nitrogens with two attached hydrogens (primary N) is 2. The molecule has 6 rings (SSSR count). The number of ketones is 2. The molecule has 12 nitrogen and oxygen atoms in total. The average Bonchev–Trinajstić information content (AvgIpc) is 3.32. The predicted molar refractivity (Wildman–Crippen MR) is 244 cm³/mol. The number of ether oxygens (including phenoxy) is 6. The molecule has 69 heavy (non-hydrogen) atoms. The van der Waals surface area contributed by atoms with Gasteiger partial charge in [0.2, 0.25) is 0 Å². The number of esters is 2. The van der Waals surface area contributed by atoms with Crippen LogP contribution < -0.4 is 39.9 Å². The van der Waals surface area contributed by atoms with Crippen molar-refractivity contribution >= 4 is 47.0 Å². The molecule has 0 atom stereocenters. The molecular weight excluding hydrogens is 915 g/mol. The number of hydrogen-bond donors (Lipinski definition) is 2. The number of hydrogen-bond acceptors (Lipinski definition) is 12. The van der Waals surface area contributed by atoms with E-state index in [4.69, 9.17) is 30.4 Å². The van der Waals surface area contributed by atoms with Gasteiger partial charge in [0.15, 0.2) is 47.8 Å². The fourth-order valence-electron chi connectivity index (χ4n) is 6.55. The second-order valence-electron chi connectivity index (χ2n) is 14.9. The van der Waals surface area contributed by atoms with Crippen molar-refractivity contribution in [3.8, 4) is 45.6 Å². The summed E-state index contributed by atoms with van der Waals surface area (Å²) in [5.41, 5.74) is 15.5. The Morgan fingerprint density at radius 3 is 1.43 bits per heavy atom. The van der Waals surface area contributed by atoms with Crippen molar-refractivity contribution in [1.82, 2.24) is 0 Å². The molecule has 0 spiro atoms. The lowest BCUT2D eigenvalue weighted by Crippen LogP contribution is -2.19. The van der Waals surface area contributed by atoms with Crippen LogP contribution in [0.2, 0.25) is 0 Å². The lowest BCUT2D eigenvalue weighted by atomic mass is 9.88. The molecule has 0 fully saturated rings. The average molecular weight is 955 g/mol. The zero-order chi connectivity index (χ0) is 50.0. The molecule has 18 heteroatoms. The second-order valence-corrected chi connectivity index (χ2v) is 14.9. The molecule has 6 aromatic rings. The molecule has 0 radical (unpaired) electrons. The molecule has 0 unspecified atom stereocenters. The molecule has 0 aromatic heterocycles. The maximum Gasteiger partial charge on any atom is 0.422 e. The number of carbonyl (C=O) groups is 4. The monoisotopic (exact) mass is 954 g/mol. The SMILES string of the molecule is COc1cc(C=CC(=O)c2cc(N)ccc2-c2ccc(N)c(C)c2C(=O)C=Cc2ccc(OC(=O)c3ccc(OCC(F)(F)F)cc3)c(OC)c2)ccc1OC(=O)c1ccc(OCC(F)(F)F)cc1. The summed E-state index contributed by atoms with van der Waals surface area (Å²) >= 11 is 0. The van der Waals surface area contributed by atoms with Crippen LogP contribution in [0.5, 0.6) is 34.5 Å². The normalized spacial score (nSPS) is 11.6. The van der Waals surface area contributed by atoms with Crippen LogP contribution in [0.25, 0.3) is 23.3 Å². The van der Waals surface area contributed by atoms with E-state index < -0.39 is 49.1 Å². The Kier molecular flexibility index (Phi) is 15.5. The third kappa shape index (κ3) is 13.3. The third-order valence-electron chi connectivity index (χ3n) is 9.97. The Bertz CT molecular complexity index is 2950. The Balaban J connectivity index is 1.18. The molecule has 0 aliphatic heterocycles. The van der Waals surface area contributed by atoms with Crippen molar-refractivity contribution in [3.63, 3.8) is 0 Å². The lowest BCUT2D eigenvalue weighted by Gasteiger charge is -2.16. The molecule has 4 N–H and O–H groups in total. The molecule has 0 bridgehead atoms. The van der Waals surface area contributed by atoms with Crippen LogP contribution in [-0.4, -0.2) is 63.3 Å².